The number of amides is 1. The van der Waals surface area contributed by atoms with Crippen LogP contribution in [0.4, 0.5) is 5.13 Å². The molecule has 1 N–H and O–H groups in total. The number of aliphatic hydroxyl groups excluding tert-OH is 1. The van der Waals surface area contributed by atoms with Crippen molar-refractivity contribution < 1.29 is 33.7 Å². The minimum absolute atomic E-state index is 0.0973. The number of Topliss-reactive ketones (excluding diaryl/α,β-unsaturated/α-hetero) is 1. The molecule has 1 aromatic heterocycles. The van der Waals surface area contributed by atoms with Gasteiger partial charge in [-0.05, 0) is 62.2 Å². The summed E-state index contributed by atoms with van der Waals surface area (Å²) in [6, 6.07) is 12.5. The number of aryl methyl sites for hydroxylation is 1. The van der Waals surface area contributed by atoms with Crippen molar-refractivity contribution in [3.05, 3.63) is 88.5 Å². The first-order chi connectivity index (χ1) is 19.8. The third kappa shape index (κ3) is 6.33. The maximum absolute atomic E-state index is 13.5. The number of esters is 1. The van der Waals surface area contributed by atoms with Gasteiger partial charge in [0.15, 0.2) is 5.13 Å². The van der Waals surface area contributed by atoms with E-state index in [9.17, 15) is 19.5 Å². The van der Waals surface area contributed by atoms with Crippen LogP contribution in [0.25, 0.3) is 5.76 Å². The van der Waals surface area contributed by atoms with E-state index in [0.29, 0.717) is 41.5 Å². The number of aliphatic hydroxyl groups is 1. The molecule has 0 radical (unpaired) electrons. The molecule has 1 fully saturated rings. The van der Waals surface area contributed by atoms with Gasteiger partial charge in [0.1, 0.15) is 28.7 Å². The van der Waals surface area contributed by atoms with Crippen LogP contribution in [-0.2, 0) is 14.3 Å². The molecule has 1 atom stereocenters. The summed E-state index contributed by atoms with van der Waals surface area (Å²) in [5.41, 5.74) is 1.17. The van der Waals surface area contributed by atoms with E-state index in [1.54, 1.807) is 68.5 Å². The Bertz CT molecular complexity index is 1460. The maximum atomic E-state index is 13.5. The molecule has 0 aliphatic carbocycles. The monoisotopic (exact) mass is 576 g/mol. The van der Waals surface area contributed by atoms with Crippen molar-refractivity contribution in [1.29, 1.82) is 0 Å². The lowest BCUT2D eigenvalue weighted by Crippen LogP contribution is -2.29. The average molecular weight is 577 g/mol. The minimum atomic E-state index is -1.01. The van der Waals surface area contributed by atoms with Crippen LogP contribution >= 0.6 is 11.3 Å². The number of hydrogen-bond donors (Lipinski definition) is 1. The number of carbonyl (C=O) groups excluding carboxylic acids is 3. The molecule has 214 valence electrons. The van der Waals surface area contributed by atoms with E-state index in [-0.39, 0.29) is 27.9 Å². The SMILES string of the molecule is C=CCOc1ccc(C2/C(=C(\O)c3ccc(OCCCC)cc3)C(=O)C(=O)N2c2nc(C)c(C(=O)OCC)s2)cc1. The minimum Gasteiger partial charge on any atom is -0.507 e. The number of benzene rings is 2. The van der Waals surface area contributed by atoms with E-state index in [2.05, 4.69) is 18.5 Å². The van der Waals surface area contributed by atoms with Gasteiger partial charge in [-0.2, -0.15) is 0 Å². The Morgan fingerprint density at radius 2 is 1.73 bits per heavy atom. The Hall–Kier alpha value is -4.44. The fraction of sp³-hybridized carbons (Fsp3) is 0.290. The van der Waals surface area contributed by atoms with Crippen LogP contribution in [-0.4, -0.2) is 47.6 Å². The third-order valence-electron chi connectivity index (χ3n) is 6.35. The highest BCUT2D eigenvalue weighted by Gasteiger charge is 2.48. The van der Waals surface area contributed by atoms with E-state index in [0.717, 1.165) is 24.2 Å². The van der Waals surface area contributed by atoms with Crippen LogP contribution < -0.4 is 14.4 Å². The first kappa shape index (κ1) is 29.5. The molecule has 41 heavy (non-hydrogen) atoms. The summed E-state index contributed by atoms with van der Waals surface area (Å²) in [6.45, 7) is 10.1. The number of carbonyl (C=O) groups is 3. The Kier molecular flexibility index (Phi) is 9.57. The summed E-state index contributed by atoms with van der Waals surface area (Å²) in [5, 5.41) is 11.6. The van der Waals surface area contributed by atoms with Crippen LogP contribution in [0.3, 0.4) is 0 Å². The summed E-state index contributed by atoms with van der Waals surface area (Å²) in [7, 11) is 0. The van der Waals surface area contributed by atoms with E-state index in [4.69, 9.17) is 14.2 Å². The number of hydrogen-bond acceptors (Lipinski definition) is 9. The van der Waals surface area contributed by atoms with Crippen molar-refractivity contribution in [2.75, 3.05) is 24.7 Å². The third-order valence-corrected chi connectivity index (χ3v) is 7.49. The smallest absolute Gasteiger partial charge is 0.350 e. The zero-order valence-electron chi connectivity index (χ0n) is 23.2. The Balaban J connectivity index is 1.80. The standard InChI is InChI=1S/C31H32N2O7S/c1-5-8-18-40-23-15-11-21(12-16-23)26(34)24-25(20-9-13-22(14-10-20)39-17-6-2)33(29(36)27(24)35)31-32-19(4)28(41-31)30(37)38-7-3/h6,9-16,25,34H,2,5,7-8,17-18H2,1,3-4H3/b26-24+. The van der Waals surface area contributed by atoms with Crippen LogP contribution in [0.2, 0.25) is 0 Å². The van der Waals surface area contributed by atoms with Gasteiger partial charge in [0.05, 0.1) is 30.5 Å². The van der Waals surface area contributed by atoms with Crippen molar-refractivity contribution in [3.8, 4) is 11.5 Å². The van der Waals surface area contributed by atoms with Gasteiger partial charge in [0.2, 0.25) is 0 Å². The molecule has 1 aliphatic heterocycles. The van der Waals surface area contributed by atoms with Gasteiger partial charge in [-0.25, -0.2) is 9.78 Å². The highest BCUT2D eigenvalue weighted by Crippen LogP contribution is 2.44. The van der Waals surface area contributed by atoms with Crippen molar-refractivity contribution in [1.82, 2.24) is 4.98 Å². The quantitative estimate of drug-likeness (QED) is 0.0697. The van der Waals surface area contributed by atoms with Gasteiger partial charge in [0.25, 0.3) is 5.78 Å². The predicted octanol–water partition coefficient (Wildman–Crippen LogP) is 6.00. The molecule has 2 aromatic carbocycles. The lowest BCUT2D eigenvalue weighted by Gasteiger charge is -2.23. The van der Waals surface area contributed by atoms with Gasteiger partial charge >= 0.3 is 11.9 Å². The molecule has 1 unspecified atom stereocenters. The summed E-state index contributed by atoms with van der Waals surface area (Å²) < 4.78 is 16.4. The van der Waals surface area contributed by atoms with Gasteiger partial charge < -0.3 is 19.3 Å². The van der Waals surface area contributed by atoms with Gasteiger partial charge in [0, 0.05) is 5.56 Å². The Morgan fingerprint density at radius 1 is 1.07 bits per heavy atom. The Labute approximate surface area is 242 Å². The second-order valence-electron chi connectivity index (χ2n) is 9.20. The maximum Gasteiger partial charge on any atom is 0.350 e. The van der Waals surface area contributed by atoms with E-state index < -0.39 is 23.7 Å². The highest BCUT2D eigenvalue weighted by molar-refractivity contribution is 7.17. The number of unbranched alkanes of at least 4 members (excludes halogenated alkanes) is 1. The molecule has 3 aromatic rings. The van der Waals surface area contributed by atoms with Crippen molar-refractivity contribution >= 4 is 39.9 Å². The van der Waals surface area contributed by atoms with E-state index in [1.807, 2.05) is 0 Å². The zero-order valence-corrected chi connectivity index (χ0v) is 24.0. The van der Waals surface area contributed by atoms with Crippen molar-refractivity contribution in [2.24, 2.45) is 0 Å². The van der Waals surface area contributed by atoms with Crippen LogP contribution in [0.5, 0.6) is 11.5 Å². The molecular formula is C31H32N2O7S. The second kappa shape index (κ2) is 13.3. The van der Waals surface area contributed by atoms with Crippen LogP contribution in [0.15, 0.2) is 66.8 Å². The number of thiazole rings is 1. The summed E-state index contributed by atoms with van der Waals surface area (Å²) >= 11 is 0.955. The fourth-order valence-corrected chi connectivity index (χ4v) is 5.30. The topological polar surface area (TPSA) is 115 Å². The van der Waals surface area contributed by atoms with E-state index >= 15 is 0 Å². The lowest BCUT2D eigenvalue weighted by molar-refractivity contribution is -0.132. The van der Waals surface area contributed by atoms with Crippen molar-refractivity contribution in [2.45, 2.75) is 39.7 Å². The first-order valence-electron chi connectivity index (χ1n) is 13.3. The fourth-order valence-electron chi connectivity index (χ4n) is 4.32. The second-order valence-corrected chi connectivity index (χ2v) is 10.2. The molecule has 9 nitrogen and oxygen atoms in total. The molecule has 0 saturated carbocycles. The number of anilines is 1. The molecule has 10 heteroatoms. The number of aromatic nitrogens is 1. The van der Waals surface area contributed by atoms with Gasteiger partial charge in [-0.15, -0.1) is 0 Å². The zero-order chi connectivity index (χ0) is 29.5. The van der Waals surface area contributed by atoms with Crippen LogP contribution in [0, 0.1) is 6.92 Å². The van der Waals surface area contributed by atoms with E-state index in [1.165, 1.54) is 4.90 Å². The average Bonchev–Trinajstić information content (AvgIpc) is 3.48. The van der Waals surface area contributed by atoms with Crippen LogP contribution in [0.1, 0.15) is 59.2 Å². The molecule has 1 saturated heterocycles. The molecule has 1 amide bonds. The molecule has 0 bridgehead atoms. The largest absolute Gasteiger partial charge is 0.507 e. The number of rotatable bonds is 12. The highest BCUT2D eigenvalue weighted by atomic mass is 32.1. The first-order valence-corrected chi connectivity index (χ1v) is 14.1. The summed E-state index contributed by atoms with van der Waals surface area (Å²) in [6.07, 6.45) is 3.53. The number of nitrogens with zero attached hydrogens (tertiary/aromatic N) is 2. The molecule has 1 aliphatic rings. The van der Waals surface area contributed by atoms with Gasteiger partial charge in [-0.1, -0.05) is 49.5 Å². The normalized spacial score (nSPS) is 16.1. The predicted molar refractivity (Wildman–Crippen MR) is 157 cm³/mol. The molecule has 4 rings (SSSR count). The molecule has 2 heterocycles. The number of ether oxygens (including phenoxy) is 3. The lowest BCUT2D eigenvalue weighted by atomic mass is 9.95. The summed E-state index contributed by atoms with van der Waals surface area (Å²) in [5.74, 6) is -1.43. The summed E-state index contributed by atoms with van der Waals surface area (Å²) in [4.78, 5) is 45.3. The number of ketones is 1. The Morgan fingerprint density at radius 3 is 2.37 bits per heavy atom. The van der Waals surface area contributed by atoms with Gasteiger partial charge in [-0.3, -0.25) is 14.5 Å². The molecule has 0 spiro atoms. The van der Waals surface area contributed by atoms with Crippen molar-refractivity contribution in [3.63, 3.8) is 0 Å². The molecular weight excluding hydrogens is 544 g/mol.